The molecule has 3 nitrogen and oxygen atoms in total. The highest BCUT2D eigenvalue weighted by atomic mass is 35.5. The first-order valence-corrected chi connectivity index (χ1v) is 4.85. The molecule has 0 fully saturated rings. The average molecular weight is 226 g/mol. The van der Waals surface area contributed by atoms with Crippen LogP contribution < -0.4 is 5.32 Å². The maximum absolute atomic E-state index is 11.0. The fraction of sp³-hybridized carbons (Fsp3) is 0.182. The molecular formula is C11H12ClNO2. The third-order valence-electron chi connectivity index (χ3n) is 1.92. The molecule has 2 N–H and O–H groups in total. The highest BCUT2D eigenvalue weighted by Gasteiger charge is 2.17. The van der Waals surface area contributed by atoms with Crippen molar-refractivity contribution < 1.29 is 9.90 Å². The van der Waals surface area contributed by atoms with Gasteiger partial charge in [0.25, 0.3) is 0 Å². The van der Waals surface area contributed by atoms with E-state index in [1.54, 1.807) is 30.3 Å². The summed E-state index contributed by atoms with van der Waals surface area (Å²) in [6.45, 7) is 3.97. The third-order valence-corrected chi connectivity index (χ3v) is 2.17. The molecule has 15 heavy (non-hydrogen) atoms. The van der Waals surface area contributed by atoms with Crippen molar-refractivity contribution in [2.45, 2.75) is 6.04 Å². The van der Waals surface area contributed by atoms with Crippen LogP contribution in [0.5, 0.6) is 0 Å². The maximum Gasteiger partial charge on any atom is 0.325 e. The Labute approximate surface area is 93.4 Å². The summed E-state index contributed by atoms with van der Waals surface area (Å²) in [6, 6.07) is 6.00. The zero-order valence-electron chi connectivity index (χ0n) is 8.11. The Bertz CT molecular complexity index is 348. The Kier molecular flexibility index (Phi) is 4.34. The quantitative estimate of drug-likeness (QED) is 0.756. The van der Waals surface area contributed by atoms with Crippen LogP contribution in [0.2, 0.25) is 5.02 Å². The lowest BCUT2D eigenvalue weighted by Gasteiger charge is -2.13. The minimum absolute atomic E-state index is 0.444. The van der Waals surface area contributed by atoms with Crippen LogP contribution in [0.4, 0.5) is 0 Å². The van der Waals surface area contributed by atoms with Crippen molar-refractivity contribution in [3.8, 4) is 0 Å². The summed E-state index contributed by atoms with van der Waals surface area (Å²) in [5, 5.41) is 12.4. The monoisotopic (exact) mass is 225 g/mol. The molecule has 4 heteroatoms. The van der Waals surface area contributed by atoms with Gasteiger partial charge >= 0.3 is 5.97 Å². The molecule has 0 aliphatic heterocycles. The van der Waals surface area contributed by atoms with Gasteiger partial charge in [0.2, 0.25) is 0 Å². The second-order valence-electron chi connectivity index (χ2n) is 3.02. The lowest BCUT2D eigenvalue weighted by atomic mass is 10.1. The molecule has 0 amide bonds. The van der Waals surface area contributed by atoms with E-state index >= 15 is 0 Å². The molecule has 0 aliphatic carbocycles. The lowest BCUT2D eigenvalue weighted by molar-refractivity contribution is -0.139. The van der Waals surface area contributed by atoms with Crippen LogP contribution in [0, 0.1) is 0 Å². The molecule has 1 rings (SSSR count). The molecule has 0 saturated heterocycles. The highest BCUT2D eigenvalue weighted by Crippen LogP contribution is 2.16. The third kappa shape index (κ3) is 3.38. The van der Waals surface area contributed by atoms with Gasteiger partial charge in [0, 0.05) is 11.6 Å². The second-order valence-corrected chi connectivity index (χ2v) is 3.46. The van der Waals surface area contributed by atoms with Crippen molar-refractivity contribution in [2.24, 2.45) is 0 Å². The zero-order chi connectivity index (χ0) is 11.3. The summed E-state index contributed by atoms with van der Waals surface area (Å²) in [6.07, 6.45) is 1.62. The highest BCUT2D eigenvalue weighted by molar-refractivity contribution is 6.30. The van der Waals surface area contributed by atoms with Crippen LogP contribution in [0.3, 0.4) is 0 Å². The van der Waals surface area contributed by atoms with Gasteiger partial charge in [-0.05, 0) is 17.7 Å². The number of hydrogen-bond acceptors (Lipinski definition) is 2. The van der Waals surface area contributed by atoms with Gasteiger partial charge in [-0.25, -0.2) is 0 Å². The van der Waals surface area contributed by atoms with E-state index in [-0.39, 0.29) is 0 Å². The van der Waals surface area contributed by atoms with Gasteiger partial charge in [-0.15, -0.1) is 6.58 Å². The number of aliphatic carboxylic acids is 1. The van der Waals surface area contributed by atoms with E-state index in [1.807, 2.05) is 0 Å². The first-order valence-electron chi connectivity index (χ1n) is 4.47. The van der Waals surface area contributed by atoms with E-state index in [0.717, 1.165) is 0 Å². The summed E-state index contributed by atoms with van der Waals surface area (Å²) in [7, 11) is 0. The molecule has 1 aromatic rings. The van der Waals surface area contributed by atoms with E-state index < -0.39 is 12.0 Å². The first kappa shape index (κ1) is 11.8. The first-order chi connectivity index (χ1) is 7.15. The molecule has 0 saturated carbocycles. The smallest absolute Gasteiger partial charge is 0.325 e. The van der Waals surface area contributed by atoms with Crippen molar-refractivity contribution >= 4 is 17.6 Å². The molecular weight excluding hydrogens is 214 g/mol. The van der Waals surface area contributed by atoms with Gasteiger partial charge in [0.15, 0.2) is 0 Å². The Morgan fingerprint density at radius 2 is 2.13 bits per heavy atom. The van der Waals surface area contributed by atoms with E-state index in [0.29, 0.717) is 17.1 Å². The van der Waals surface area contributed by atoms with E-state index in [1.165, 1.54) is 0 Å². The largest absolute Gasteiger partial charge is 0.480 e. The molecule has 0 radical (unpaired) electrons. The Hall–Kier alpha value is -1.32. The Morgan fingerprint density at radius 3 is 2.60 bits per heavy atom. The average Bonchev–Trinajstić information content (AvgIpc) is 2.21. The van der Waals surface area contributed by atoms with Crippen LogP contribution in [-0.4, -0.2) is 17.6 Å². The van der Waals surface area contributed by atoms with Crippen molar-refractivity contribution in [3.63, 3.8) is 0 Å². The molecule has 0 heterocycles. The summed E-state index contributed by atoms with van der Waals surface area (Å²) >= 11 is 5.72. The minimum Gasteiger partial charge on any atom is -0.480 e. The summed E-state index contributed by atoms with van der Waals surface area (Å²) in [4.78, 5) is 11.0. The van der Waals surface area contributed by atoms with Gasteiger partial charge in [-0.3, -0.25) is 10.1 Å². The molecule has 0 unspecified atom stereocenters. The second kappa shape index (κ2) is 5.53. The standard InChI is InChI=1S/C11H12ClNO2/c1-2-7-13-10(11(14)15)8-3-5-9(12)6-4-8/h2-6,10,13H,1,7H2,(H,14,15)/t10-/m1/s1. The van der Waals surface area contributed by atoms with Crippen LogP contribution in [0.1, 0.15) is 11.6 Å². The fourth-order valence-electron chi connectivity index (χ4n) is 1.20. The Morgan fingerprint density at radius 1 is 1.53 bits per heavy atom. The van der Waals surface area contributed by atoms with E-state index in [2.05, 4.69) is 11.9 Å². The fourth-order valence-corrected chi connectivity index (χ4v) is 1.33. The maximum atomic E-state index is 11.0. The number of rotatable bonds is 5. The van der Waals surface area contributed by atoms with Crippen molar-refractivity contribution in [3.05, 3.63) is 47.5 Å². The normalized spacial score (nSPS) is 12.1. The van der Waals surface area contributed by atoms with Gasteiger partial charge in [0.1, 0.15) is 6.04 Å². The van der Waals surface area contributed by atoms with Crippen molar-refractivity contribution in [1.29, 1.82) is 0 Å². The van der Waals surface area contributed by atoms with Crippen LogP contribution >= 0.6 is 11.6 Å². The Balaban J connectivity index is 2.83. The van der Waals surface area contributed by atoms with Crippen molar-refractivity contribution in [1.82, 2.24) is 5.32 Å². The van der Waals surface area contributed by atoms with Gasteiger partial charge in [-0.2, -0.15) is 0 Å². The number of nitrogens with one attached hydrogen (secondary N) is 1. The number of benzene rings is 1. The molecule has 1 aromatic carbocycles. The van der Waals surface area contributed by atoms with Gasteiger partial charge in [-0.1, -0.05) is 29.8 Å². The number of hydrogen-bond donors (Lipinski definition) is 2. The molecule has 80 valence electrons. The molecule has 1 atom stereocenters. The van der Waals surface area contributed by atoms with E-state index in [9.17, 15) is 4.79 Å². The van der Waals surface area contributed by atoms with Crippen LogP contribution in [0.15, 0.2) is 36.9 Å². The molecule has 0 aromatic heterocycles. The topological polar surface area (TPSA) is 49.3 Å². The summed E-state index contributed by atoms with van der Waals surface area (Å²) in [5.41, 5.74) is 0.675. The van der Waals surface area contributed by atoms with Crippen molar-refractivity contribution in [2.75, 3.05) is 6.54 Å². The lowest BCUT2D eigenvalue weighted by Crippen LogP contribution is -2.28. The van der Waals surface area contributed by atoms with E-state index in [4.69, 9.17) is 16.7 Å². The molecule has 0 spiro atoms. The number of carboxylic acids is 1. The summed E-state index contributed by atoms with van der Waals surface area (Å²) < 4.78 is 0. The van der Waals surface area contributed by atoms with Crippen LogP contribution in [-0.2, 0) is 4.79 Å². The number of carboxylic acid groups (broad SMARTS) is 1. The predicted molar refractivity (Wildman–Crippen MR) is 60.0 cm³/mol. The van der Waals surface area contributed by atoms with Gasteiger partial charge in [0.05, 0.1) is 0 Å². The number of halogens is 1. The SMILES string of the molecule is C=CCN[C@@H](C(=O)O)c1ccc(Cl)cc1. The minimum atomic E-state index is -0.917. The predicted octanol–water partition coefficient (Wildman–Crippen LogP) is 2.24. The van der Waals surface area contributed by atoms with Gasteiger partial charge < -0.3 is 5.11 Å². The summed E-state index contributed by atoms with van der Waals surface area (Å²) in [5.74, 6) is -0.917. The molecule has 0 aliphatic rings. The zero-order valence-corrected chi connectivity index (χ0v) is 8.87. The number of carbonyl (C=O) groups is 1. The molecule has 0 bridgehead atoms. The van der Waals surface area contributed by atoms with Crippen LogP contribution in [0.25, 0.3) is 0 Å².